The first-order valence-corrected chi connectivity index (χ1v) is 7.61. The first kappa shape index (κ1) is 15.2. The third-order valence-corrected chi connectivity index (χ3v) is 3.59. The van der Waals surface area contributed by atoms with Gasteiger partial charge in [-0.15, -0.1) is 0 Å². The normalized spacial score (nSPS) is 12.1. The van der Waals surface area contributed by atoms with Crippen molar-refractivity contribution in [2.75, 3.05) is 17.2 Å². The highest BCUT2D eigenvalue weighted by molar-refractivity contribution is 5.90. The minimum Gasteiger partial charge on any atom is -0.394 e. The summed E-state index contributed by atoms with van der Waals surface area (Å²) in [7, 11) is 0. The van der Waals surface area contributed by atoms with Gasteiger partial charge in [0.2, 0.25) is 5.95 Å². The van der Waals surface area contributed by atoms with Crippen LogP contribution in [0.25, 0.3) is 10.9 Å². The van der Waals surface area contributed by atoms with Gasteiger partial charge in [0.25, 0.3) is 0 Å². The molecule has 0 radical (unpaired) electrons. The van der Waals surface area contributed by atoms with Gasteiger partial charge in [-0.05, 0) is 30.7 Å². The number of hydrogen-bond acceptors (Lipinski definition) is 6. The average Bonchev–Trinajstić information content (AvgIpc) is 2.60. The monoisotopic (exact) mass is 309 g/mol. The average molecular weight is 309 g/mol. The molecule has 118 valence electrons. The zero-order valence-corrected chi connectivity index (χ0v) is 12.9. The summed E-state index contributed by atoms with van der Waals surface area (Å²) in [4.78, 5) is 13.1. The molecular weight excluding hydrogens is 290 g/mol. The lowest BCUT2D eigenvalue weighted by atomic mass is 10.2. The summed E-state index contributed by atoms with van der Waals surface area (Å²) in [6.07, 6.45) is 4.23. The van der Waals surface area contributed by atoms with E-state index in [2.05, 4.69) is 25.6 Å². The number of benzene rings is 1. The van der Waals surface area contributed by atoms with E-state index < -0.39 is 0 Å². The zero-order chi connectivity index (χ0) is 16.1. The second kappa shape index (κ2) is 7.02. The fourth-order valence-electron chi connectivity index (χ4n) is 2.28. The first-order valence-electron chi connectivity index (χ1n) is 7.61. The predicted molar refractivity (Wildman–Crippen MR) is 91.8 cm³/mol. The molecule has 0 fully saturated rings. The maximum atomic E-state index is 9.44. The third kappa shape index (κ3) is 3.54. The molecule has 0 aliphatic rings. The number of para-hydroxylation sites is 1. The van der Waals surface area contributed by atoms with Crippen molar-refractivity contribution in [3.63, 3.8) is 0 Å². The van der Waals surface area contributed by atoms with Crippen molar-refractivity contribution in [1.82, 2.24) is 15.0 Å². The number of aliphatic hydroxyl groups excluding tert-OH is 1. The van der Waals surface area contributed by atoms with Crippen LogP contribution < -0.4 is 10.6 Å². The van der Waals surface area contributed by atoms with E-state index in [4.69, 9.17) is 0 Å². The number of nitrogens with zero attached hydrogens (tertiary/aromatic N) is 3. The highest BCUT2D eigenvalue weighted by atomic mass is 16.3. The summed E-state index contributed by atoms with van der Waals surface area (Å²) < 4.78 is 0. The van der Waals surface area contributed by atoms with Crippen LogP contribution in [-0.2, 0) is 0 Å². The van der Waals surface area contributed by atoms with E-state index in [1.165, 1.54) is 0 Å². The van der Waals surface area contributed by atoms with Crippen LogP contribution in [0.3, 0.4) is 0 Å². The molecule has 0 saturated carbocycles. The highest BCUT2D eigenvalue weighted by Gasteiger charge is 2.11. The van der Waals surface area contributed by atoms with Crippen molar-refractivity contribution in [3.05, 3.63) is 48.8 Å². The Balaban J connectivity index is 1.99. The van der Waals surface area contributed by atoms with Gasteiger partial charge in [0, 0.05) is 23.5 Å². The van der Waals surface area contributed by atoms with Crippen LogP contribution in [0, 0.1) is 0 Å². The fourth-order valence-corrected chi connectivity index (χ4v) is 2.28. The Morgan fingerprint density at radius 1 is 1.09 bits per heavy atom. The largest absolute Gasteiger partial charge is 0.394 e. The number of fused-ring (bicyclic) bond motifs is 1. The second-order valence-corrected chi connectivity index (χ2v) is 5.21. The van der Waals surface area contributed by atoms with Crippen LogP contribution in [-0.4, -0.2) is 32.7 Å². The van der Waals surface area contributed by atoms with Crippen LogP contribution in [0.2, 0.25) is 0 Å². The van der Waals surface area contributed by atoms with Crippen LogP contribution in [0.5, 0.6) is 0 Å². The predicted octanol–water partition coefficient (Wildman–Crippen LogP) is 2.95. The summed E-state index contributed by atoms with van der Waals surface area (Å²) in [6, 6.07) is 11.5. The summed E-state index contributed by atoms with van der Waals surface area (Å²) in [5.41, 5.74) is 1.71. The van der Waals surface area contributed by atoms with Crippen LogP contribution >= 0.6 is 0 Å². The van der Waals surface area contributed by atoms with Crippen molar-refractivity contribution in [2.24, 2.45) is 0 Å². The number of anilines is 3. The molecule has 1 unspecified atom stereocenters. The van der Waals surface area contributed by atoms with E-state index in [1.54, 1.807) is 12.4 Å². The molecule has 0 saturated heterocycles. The molecule has 23 heavy (non-hydrogen) atoms. The summed E-state index contributed by atoms with van der Waals surface area (Å²) in [5.74, 6) is 1.22. The van der Waals surface area contributed by atoms with Gasteiger partial charge in [-0.3, -0.25) is 4.98 Å². The number of aliphatic hydroxyl groups is 1. The number of rotatable bonds is 6. The van der Waals surface area contributed by atoms with Crippen molar-refractivity contribution in [1.29, 1.82) is 0 Å². The number of pyridine rings is 1. The second-order valence-electron chi connectivity index (χ2n) is 5.21. The molecule has 6 heteroatoms. The molecule has 0 spiro atoms. The van der Waals surface area contributed by atoms with E-state index >= 15 is 0 Å². The van der Waals surface area contributed by atoms with Gasteiger partial charge < -0.3 is 15.7 Å². The minimum absolute atomic E-state index is 0.0397. The minimum atomic E-state index is -0.0397. The molecular formula is C17H19N5O. The van der Waals surface area contributed by atoms with Crippen molar-refractivity contribution in [3.8, 4) is 0 Å². The zero-order valence-electron chi connectivity index (χ0n) is 12.9. The molecule has 0 amide bonds. The molecule has 2 heterocycles. The van der Waals surface area contributed by atoms with Crippen LogP contribution in [0.1, 0.15) is 13.3 Å². The van der Waals surface area contributed by atoms with Gasteiger partial charge in [-0.25, -0.2) is 4.98 Å². The maximum absolute atomic E-state index is 9.44. The lowest BCUT2D eigenvalue weighted by Crippen LogP contribution is -2.23. The van der Waals surface area contributed by atoms with Crippen LogP contribution in [0.15, 0.2) is 48.8 Å². The fraction of sp³-hybridized carbons (Fsp3) is 0.235. The van der Waals surface area contributed by atoms with Gasteiger partial charge in [-0.2, -0.15) is 4.98 Å². The summed E-state index contributed by atoms with van der Waals surface area (Å²) >= 11 is 0. The molecule has 0 aliphatic carbocycles. The van der Waals surface area contributed by atoms with Crippen molar-refractivity contribution in [2.45, 2.75) is 19.4 Å². The van der Waals surface area contributed by atoms with E-state index in [0.717, 1.165) is 23.0 Å². The molecule has 0 bridgehead atoms. The van der Waals surface area contributed by atoms with E-state index in [9.17, 15) is 5.11 Å². The van der Waals surface area contributed by atoms with Crippen molar-refractivity contribution >= 4 is 28.4 Å². The lowest BCUT2D eigenvalue weighted by Gasteiger charge is -2.17. The SMILES string of the molecule is CCC(CO)Nc1nc(Nc2ccncc2)nc2ccccc12. The number of aromatic nitrogens is 3. The molecule has 2 aromatic heterocycles. The smallest absolute Gasteiger partial charge is 0.229 e. The molecule has 1 atom stereocenters. The standard InChI is InChI=1S/C17H19N5O/c1-2-12(11-23)19-16-14-5-3-4-6-15(14)21-17(22-16)20-13-7-9-18-10-8-13/h3-10,12,23H,2,11H2,1H3,(H2,18,19,20,21,22). The van der Waals surface area contributed by atoms with E-state index in [0.29, 0.717) is 11.8 Å². The maximum Gasteiger partial charge on any atom is 0.229 e. The molecule has 1 aromatic carbocycles. The Hall–Kier alpha value is -2.73. The Morgan fingerprint density at radius 2 is 1.87 bits per heavy atom. The Kier molecular flexibility index (Phi) is 4.63. The molecule has 6 nitrogen and oxygen atoms in total. The Bertz CT molecular complexity index is 774. The van der Waals surface area contributed by atoms with Gasteiger partial charge >= 0.3 is 0 Å². The van der Waals surface area contributed by atoms with E-state index in [-0.39, 0.29) is 12.6 Å². The molecule has 3 rings (SSSR count). The molecule has 3 N–H and O–H groups in total. The van der Waals surface area contributed by atoms with Crippen LogP contribution in [0.4, 0.5) is 17.5 Å². The van der Waals surface area contributed by atoms with Gasteiger partial charge in [-0.1, -0.05) is 19.1 Å². The molecule has 3 aromatic rings. The highest BCUT2D eigenvalue weighted by Crippen LogP contribution is 2.24. The number of hydrogen-bond donors (Lipinski definition) is 3. The lowest BCUT2D eigenvalue weighted by molar-refractivity contribution is 0.271. The van der Waals surface area contributed by atoms with E-state index in [1.807, 2.05) is 43.3 Å². The van der Waals surface area contributed by atoms with Gasteiger partial charge in [0.1, 0.15) is 5.82 Å². The summed E-state index contributed by atoms with van der Waals surface area (Å²) in [6.45, 7) is 2.08. The van der Waals surface area contributed by atoms with Crippen molar-refractivity contribution < 1.29 is 5.11 Å². The van der Waals surface area contributed by atoms with Gasteiger partial charge in [0.05, 0.1) is 18.2 Å². The Labute approximate surface area is 134 Å². The van der Waals surface area contributed by atoms with Gasteiger partial charge in [0.15, 0.2) is 0 Å². The topological polar surface area (TPSA) is 83.0 Å². The quantitative estimate of drug-likeness (QED) is 0.649. The summed E-state index contributed by atoms with van der Waals surface area (Å²) in [5, 5.41) is 16.8. The third-order valence-electron chi connectivity index (χ3n) is 3.59. The first-order chi connectivity index (χ1) is 11.3. The molecule has 0 aliphatic heterocycles. The number of nitrogens with one attached hydrogen (secondary N) is 2. The Morgan fingerprint density at radius 3 is 2.61 bits per heavy atom.